The fraction of sp³-hybridized carbons (Fsp3) is 0.273. The average molecular weight is 750 g/mol. The number of carbonyl (C=O) groups is 1. The highest BCUT2D eigenvalue weighted by Gasteiger charge is 2.20. The summed E-state index contributed by atoms with van der Waals surface area (Å²) in [7, 11) is 0. The van der Waals surface area contributed by atoms with Gasteiger partial charge in [0.15, 0.2) is 5.75 Å². The van der Waals surface area contributed by atoms with Crippen LogP contribution in [0.4, 0.5) is 5.69 Å². The number of carbonyl (C=O) groups excluding carboxylic acids is 1. The molecule has 2 heterocycles. The predicted octanol–water partition coefficient (Wildman–Crippen LogP) is 10.2. The molecule has 1 aliphatic heterocycles. The molecule has 0 saturated carbocycles. The van der Waals surface area contributed by atoms with Gasteiger partial charge in [0.1, 0.15) is 12.4 Å². The number of nitrogens with one attached hydrogen (secondary N) is 1. The Balaban J connectivity index is 0.925. The lowest BCUT2D eigenvalue weighted by atomic mass is 10.0. The summed E-state index contributed by atoms with van der Waals surface area (Å²) in [5, 5.41) is 4.62. The molecule has 6 rings (SSSR count). The molecule has 1 N–H and O–H groups in total. The quantitative estimate of drug-likeness (QED) is 0.114. The van der Waals surface area contributed by atoms with Gasteiger partial charge in [0.2, 0.25) is 11.8 Å². The van der Waals surface area contributed by atoms with Crippen molar-refractivity contribution in [3.8, 4) is 17.4 Å². The average Bonchev–Trinajstić information content (AvgIpc) is 3.16. The summed E-state index contributed by atoms with van der Waals surface area (Å²) in [4.78, 5) is 21.8. The number of piperazine rings is 1. The molecular formula is C44H46Cl2N4O3. The summed E-state index contributed by atoms with van der Waals surface area (Å²) >= 11 is 12.9. The predicted molar refractivity (Wildman–Crippen MR) is 216 cm³/mol. The second-order valence-electron chi connectivity index (χ2n) is 13.7. The lowest BCUT2D eigenvalue weighted by Gasteiger charge is -2.34. The number of pyridine rings is 1. The Labute approximate surface area is 323 Å². The van der Waals surface area contributed by atoms with Crippen LogP contribution < -0.4 is 14.8 Å². The van der Waals surface area contributed by atoms with E-state index in [2.05, 4.69) is 77.6 Å². The zero-order valence-electron chi connectivity index (χ0n) is 30.5. The van der Waals surface area contributed by atoms with E-state index in [4.69, 9.17) is 32.7 Å². The Kier molecular flexibility index (Phi) is 13.1. The third-order valence-corrected chi connectivity index (χ3v) is 10.0. The molecule has 7 nitrogen and oxygen atoms in total. The summed E-state index contributed by atoms with van der Waals surface area (Å²) in [6.07, 6.45) is 6.00. The number of ether oxygens (including phenoxy) is 2. The van der Waals surface area contributed by atoms with Crippen LogP contribution in [-0.4, -0.2) is 53.4 Å². The van der Waals surface area contributed by atoms with Gasteiger partial charge in [-0.05, 0) is 89.6 Å². The Hall–Kier alpha value is -4.82. The Bertz CT molecular complexity index is 1970. The van der Waals surface area contributed by atoms with Crippen molar-refractivity contribution in [1.29, 1.82) is 0 Å². The van der Waals surface area contributed by atoms with Crippen molar-refractivity contribution in [3.63, 3.8) is 0 Å². The number of nitrogens with zero attached hydrogens (tertiary/aromatic N) is 3. The molecule has 0 spiro atoms. The largest absolute Gasteiger partial charge is 0.487 e. The summed E-state index contributed by atoms with van der Waals surface area (Å²) in [6, 6.07) is 32.4. The van der Waals surface area contributed by atoms with Gasteiger partial charge in [0.25, 0.3) is 0 Å². The molecule has 0 unspecified atom stereocenters. The molecule has 1 aliphatic rings. The third-order valence-electron chi connectivity index (χ3n) is 9.37. The summed E-state index contributed by atoms with van der Waals surface area (Å²) in [5.41, 5.74) is 7.67. The number of hydrogen-bond acceptors (Lipinski definition) is 6. The van der Waals surface area contributed by atoms with E-state index in [1.54, 1.807) is 36.5 Å². The Morgan fingerprint density at radius 1 is 0.887 bits per heavy atom. The highest BCUT2D eigenvalue weighted by molar-refractivity contribution is 6.32. The fourth-order valence-electron chi connectivity index (χ4n) is 6.18. The number of amides is 1. The number of benzene rings is 4. The molecule has 1 fully saturated rings. The first kappa shape index (κ1) is 37.9. The lowest BCUT2D eigenvalue weighted by molar-refractivity contribution is -0.127. The standard InChI is InChI=1S/C44H46Cl2N4O3/c1-31(2)36-13-15-38(16-14-36)47-21-20-33-8-10-34(11-9-33)29-49-22-24-50(25-23-49)43(51)19-12-35-26-32(3)44(41(46)27-35)53-42-18-17-39(28-48-42)52-30-37-6-4-5-7-40(37)45/h4-19,26-28,31,47H,20-25,29-30H2,1-3H3/b19-12+. The van der Waals surface area contributed by atoms with Crippen LogP contribution >= 0.6 is 23.2 Å². The maximum atomic E-state index is 13.1. The van der Waals surface area contributed by atoms with E-state index in [0.717, 1.165) is 55.0 Å². The van der Waals surface area contributed by atoms with Crippen LogP contribution in [0.15, 0.2) is 109 Å². The first-order chi connectivity index (χ1) is 25.7. The maximum Gasteiger partial charge on any atom is 0.246 e. The van der Waals surface area contributed by atoms with E-state index in [9.17, 15) is 4.79 Å². The maximum absolute atomic E-state index is 13.1. The van der Waals surface area contributed by atoms with Gasteiger partial charge in [-0.25, -0.2) is 4.98 Å². The third kappa shape index (κ3) is 10.9. The Morgan fingerprint density at radius 2 is 1.62 bits per heavy atom. The van der Waals surface area contributed by atoms with Crippen molar-refractivity contribution in [2.24, 2.45) is 0 Å². The first-order valence-electron chi connectivity index (χ1n) is 18.1. The fourth-order valence-corrected chi connectivity index (χ4v) is 6.69. The van der Waals surface area contributed by atoms with Crippen LogP contribution in [0.25, 0.3) is 6.08 Å². The molecule has 1 amide bonds. The SMILES string of the molecule is Cc1cc(/C=C/C(=O)N2CCN(Cc3ccc(CCNc4ccc(C(C)C)cc4)cc3)CC2)cc(Cl)c1Oc1ccc(OCc2ccccc2Cl)cn1. The number of aromatic nitrogens is 1. The van der Waals surface area contributed by atoms with E-state index in [1.807, 2.05) is 42.2 Å². The van der Waals surface area contributed by atoms with Crippen LogP contribution in [-0.2, 0) is 24.4 Å². The minimum atomic E-state index is -0.00590. The van der Waals surface area contributed by atoms with Gasteiger partial charge in [-0.15, -0.1) is 0 Å². The highest BCUT2D eigenvalue weighted by Crippen LogP contribution is 2.34. The van der Waals surface area contributed by atoms with E-state index in [0.29, 0.717) is 53.0 Å². The monoisotopic (exact) mass is 748 g/mol. The number of anilines is 1. The molecule has 53 heavy (non-hydrogen) atoms. The molecule has 0 bridgehead atoms. The Morgan fingerprint density at radius 3 is 2.30 bits per heavy atom. The van der Waals surface area contributed by atoms with Crippen molar-refractivity contribution in [2.75, 3.05) is 38.0 Å². The van der Waals surface area contributed by atoms with Crippen molar-refractivity contribution >= 4 is 40.9 Å². The molecule has 1 saturated heterocycles. The molecule has 4 aromatic carbocycles. The van der Waals surface area contributed by atoms with Gasteiger partial charge < -0.3 is 19.7 Å². The lowest BCUT2D eigenvalue weighted by Crippen LogP contribution is -2.47. The van der Waals surface area contributed by atoms with Gasteiger partial charge in [-0.3, -0.25) is 9.69 Å². The van der Waals surface area contributed by atoms with Crippen LogP contribution in [0.5, 0.6) is 17.4 Å². The second-order valence-corrected chi connectivity index (χ2v) is 14.5. The van der Waals surface area contributed by atoms with Crippen LogP contribution in [0.1, 0.15) is 53.1 Å². The van der Waals surface area contributed by atoms with Crippen molar-refractivity contribution < 1.29 is 14.3 Å². The zero-order valence-corrected chi connectivity index (χ0v) is 32.0. The van der Waals surface area contributed by atoms with Gasteiger partial charge >= 0.3 is 0 Å². The molecular weight excluding hydrogens is 703 g/mol. The van der Waals surface area contributed by atoms with E-state index < -0.39 is 0 Å². The topological polar surface area (TPSA) is 66.9 Å². The van der Waals surface area contributed by atoms with Crippen molar-refractivity contribution in [2.45, 2.75) is 46.3 Å². The van der Waals surface area contributed by atoms with Crippen molar-refractivity contribution in [1.82, 2.24) is 14.8 Å². The minimum absolute atomic E-state index is 0.00590. The summed E-state index contributed by atoms with van der Waals surface area (Å²) in [6.45, 7) is 11.5. The molecule has 274 valence electrons. The van der Waals surface area contributed by atoms with Crippen LogP contribution in [0.2, 0.25) is 10.0 Å². The van der Waals surface area contributed by atoms with Gasteiger partial charge in [0.05, 0.1) is 11.2 Å². The highest BCUT2D eigenvalue weighted by atomic mass is 35.5. The molecule has 1 aromatic heterocycles. The second kappa shape index (κ2) is 18.3. The molecule has 9 heteroatoms. The van der Waals surface area contributed by atoms with E-state index in [1.165, 1.54) is 16.7 Å². The van der Waals surface area contributed by atoms with E-state index in [-0.39, 0.29) is 5.91 Å². The molecule has 0 atom stereocenters. The molecule has 0 aliphatic carbocycles. The number of rotatable bonds is 14. The van der Waals surface area contributed by atoms with Crippen LogP contribution in [0, 0.1) is 6.92 Å². The van der Waals surface area contributed by atoms with Crippen LogP contribution in [0.3, 0.4) is 0 Å². The number of halogens is 2. The molecule has 5 aromatic rings. The number of hydrogen-bond donors (Lipinski definition) is 1. The zero-order chi connectivity index (χ0) is 37.2. The summed E-state index contributed by atoms with van der Waals surface area (Å²) < 4.78 is 11.8. The normalized spacial score (nSPS) is 13.4. The smallest absolute Gasteiger partial charge is 0.246 e. The molecule has 0 radical (unpaired) electrons. The first-order valence-corrected chi connectivity index (χ1v) is 18.9. The summed E-state index contributed by atoms with van der Waals surface area (Å²) in [5.74, 6) is 2.04. The van der Waals surface area contributed by atoms with Gasteiger partial charge in [-0.1, -0.05) is 91.6 Å². The minimum Gasteiger partial charge on any atom is -0.487 e. The van der Waals surface area contributed by atoms with Crippen molar-refractivity contribution in [3.05, 3.63) is 153 Å². The van der Waals surface area contributed by atoms with Gasteiger partial charge in [0, 0.05) is 67.7 Å². The number of aryl methyl sites for hydroxylation is 1. The van der Waals surface area contributed by atoms with Gasteiger partial charge in [-0.2, -0.15) is 0 Å². The van der Waals surface area contributed by atoms with E-state index >= 15 is 0 Å².